The Hall–Kier alpha value is -0.850. The first-order valence-electron chi connectivity index (χ1n) is 7.29. The molecule has 2 heterocycles. The van der Waals surface area contributed by atoms with E-state index in [-0.39, 0.29) is 0 Å². The van der Waals surface area contributed by atoms with E-state index >= 15 is 0 Å². The first kappa shape index (κ1) is 15.5. The zero-order valence-corrected chi connectivity index (χ0v) is 13.4. The maximum Gasteiger partial charge on any atom is 0.244 e. The molecule has 2 rings (SSSR count). The minimum absolute atomic E-state index is 0.419. The summed E-state index contributed by atoms with van der Waals surface area (Å²) >= 11 is 0. The number of aryl methyl sites for hydroxylation is 1. The minimum atomic E-state index is -3.33. The Balaban J connectivity index is 2.16. The van der Waals surface area contributed by atoms with Gasteiger partial charge in [-0.1, -0.05) is 13.3 Å². The molecular weight excluding hydrogens is 274 g/mol. The van der Waals surface area contributed by atoms with Crippen LogP contribution in [0.1, 0.15) is 31.9 Å². The molecule has 6 heteroatoms. The molecule has 0 aromatic carbocycles. The molecule has 1 atom stereocenters. The predicted molar refractivity (Wildman–Crippen MR) is 80.0 cm³/mol. The van der Waals surface area contributed by atoms with Crippen LogP contribution in [0.15, 0.2) is 17.2 Å². The Kier molecular flexibility index (Phi) is 4.88. The molecule has 1 saturated heterocycles. The fourth-order valence-electron chi connectivity index (χ4n) is 2.88. The minimum Gasteiger partial charge on any atom is -0.352 e. The van der Waals surface area contributed by atoms with Crippen LogP contribution in [0.25, 0.3) is 0 Å². The standard InChI is InChI=1S/C14H25N3O2S/c1-4-5-12-6-7-17(10-12)20(18,19)14-8-13(9-15-2)16(3)11-14/h8,11-12,15H,4-7,9-10H2,1-3H3. The quantitative estimate of drug-likeness (QED) is 0.867. The van der Waals surface area contributed by atoms with Crippen LogP contribution in [-0.4, -0.2) is 37.4 Å². The van der Waals surface area contributed by atoms with Crippen molar-refractivity contribution in [2.75, 3.05) is 20.1 Å². The van der Waals surface area contributed by atoms with Crippen LogP contribution in [0.2, 0.25) is 0 Å². The van der Waals surface area contributed by atoms with Gasteiger partial charge in [-0.25, -0.2) is 8.42 Å². The smallest absolute Gasteiger partial charge is 0.244 e. The molecule has 1 unspecified atom stereocenters. The highest BCUT2D eigenvalue weighted by Gasteiger charge is 2.32. The van der Waals surface area contributed by atoms with E-state index in [1.165, 1.54) is 0 Å². The summed E-state index contributed by atoms with van der Waals surface area (Å²) in [6.45, 7) is 4.15. The van der Waals surface area contributed by atoms with Crippen molar-refractivity contribution in [1.29, 1.82) is 0 Å². The van der Waals surface area contributed by atoms with Gasteiger partial charge >= 0.3 is 0 Å². The summed E-state index contributed by atoms with van der Waals surface area (Å²) in [6.07, 6.45) is 4.94. The maximum absolute atomic E-state index is 12.6. The lowest BCUT2D eigenvalue weighted by atomic mass is 10.0. The van der Waals surface area contributed by atoms with Gasteiger partial charge in [-0.2, -0.15) is 4.31 Å². The lowest BCUT2D eigenvalue weighted by Crippen LogP contribution is -2.28. The second kappa shape index (κ2) is 6.28. The Morgan fingerprint density at radius 3 is 2.85 bits per heavy atom. The van der Waals surface area contributed by atoms with Crippen molar-refractivity contribution in [2.24, 2.45) is 13.0 Å². The van der Waals surface area contributed by atoms with Gasteiger partial charge in [0.2, 0.25) is 10.0 Å². The fourth-order valence-corrected chi connectivity index (χ4v) is 4.51. The highest BCUT2D eigenvalue weighted by molar-refractivity contribution is 7.89. The van der Waals surface area contributed by atoms with E-state index in [0.29, 0.717) is 30.4 Å². The number of aromatic nitrogens is 1. The molecule has 1 fully saturated rings. The number of nitrogens with one attached hydrogen (secondary N) is 1. The number of sulfonamides is 1. The van der Waals surface area contributed by atoms with Crippen LogP contribution < -0.4 is 5.32 Å². The summed E-state index contributed by atoms with van der Waals surface area (Å²) in [5.41, 5.74) is 0.982. The number of nitrogens with zero attached hydrogens (tertiary/aromatic N) is 2. The Morgan fingerprint density at radius 1 is 1.45 bits per heavy atom. The summed E-state index contributed by atoms with van der Waals surface area (Å²) in [5, 5.41) is 3.05. The normalized spacial score (nSPS) is 20.6. The lowest BCUT2D eigenvalue weighted by molar-refractivity contribution is 0.444. The SMILES string of the molecule is CCCC1CCN(S(=O)(=O)c2cc(CNC)n(C)c2)C1. The zero-order chi connectivity index (χ0) is 14.8. The van der Waals surface area contributed by atoms with Crippen LogP contribution >= 0.6 is 0 Å². The first-order chi connectivity index (χ1) is 9.48. The third-order valence-corrected chi connectivity index (χ3v) is 5.85. The van der Waals surface area contributed by atoms with Gasteiger partial charge in [-0.15, -0.1) is 0 Å². The molecule has 114 valence electrons. The van der Waals surface area contributed by atoms with Crippen LogP contribution in [0, 0.1) is 5.92 Å². The van der Waals surface area contributed by atoms with Gasteiger partial charge in [-0.3, -0.25) is 0 Å². The second-order valence-corrected chi connectivity index (χ2v) is 7.55. The maximum atomic E-state index is 12.6. The first-order valence-corrected chi connectivity index (χ1v) is 8.73. The average molecular weight is 299 g/mol. The number of hydrogen-bond donors (Lipinski definition) is 1. The zero-order valence-electron chi connectivity index (χ0n) is 12.6. The number of rotatable bonds is 6. The number of hydrogen-bond acceptors (Lipinski definition) is 3. The Labute approximate surface area is 122 Å². The van der Waals surface area contributed by atoms with Crippen molar-refractivity contribution in [3.63, 3.8) is 0 Å². The van der Waals surface area contributed by atoms with E-state index < -0.39 is 10.0 Å². The molecule has 1 aromatic heterocycles. The van der Waals surface area contributed by atoms with E-state index in [2.05, 4.69) is 12.2 Å². The molecule has 0 saturated carbocycles. The van der Waals surface area contributed by atoms with Gasteiger partial charge in [0.05, 0.1) is 0 Å². The fraction of sp³-hybridized carbons (Fsp3) is 0.714. The predicted octanol–water partition coefficient (Wildman–Crippen LogP) is 1.56. The Bertz CT molecular complexity index is 551. The van der Waals surface area contributed by atoms with Gasteiger partial charge in [0.25, 0.3) is 0 Å². The molecule has 1 aromatic rings. The van der Waals surface area contributed by atoms with Crippen LogP contribution in [0.4, 0.5) is 0 Å². The summed E-state index contributed by atoms with van der Waals surface area (Å²) in [6, 6.07) is 1.78. The lowest BCUT2D eigenvalue weighted by Gasteiger charge is -2.15. The third kappa shape index (κ3) is 3.07. The third-order valence-electron chi connectivity index (χ3n) is 4.02. The van der Waals surface area contributed by atoms with E-state index in [1.807, 2.05) is 18.7 Å². The molecule has 1 N–H and O–H groups in total. The van der Waals surface area contributed by atoms with Gasteiger partial charge < -0.3 is 9.88 Å². The molecule has 0 radical (unpaired) electrons. The molecule has 1 aliphatic rings. The molecule has 1 aliphatic heterocycles. The van der Waals surface area contributed by atoms with E-state index in [0.717, 1.165) is 25.0 Å². The van der Waals surface area contributed by atoms with E-state index in [1.54, 1.807) is 16.6 Å². The van der Waals surface area contributed by atoms with Crippen molar-refractivity contribution >= 4 is 10.0 Å². The highest BCUT2D eigenvalue weighted by atomic mass is 32.2. The largest absolute Gasteiger partial charge is 0.352 e. The highest BCUT2D eigenvalue weighted by Crippen LogP contribution is 2.27. The molecule has 0 spiro atoms. The summed E-state index contributed by atoms with van der Waals surface area (Å²) in [7, 11) is 0.417. The summed E-state index contributed by atoms with van der Waals surface area (Å²) < 4.78 is 28.8. The second-order valence-electron chi connectivity index (χ2n) is 5.61. The van der Waals surface area contributed by atoms with Crippen molar-refractivity contribution in [1.82, 2.24) is 14.2 Å². The average Bonchev–Trinajstić information content (AvgIpc) is 2.99. The van der Waals surface area contributed by atoms with Crippen molar-refractivity contribution < 1.29 is 8.42 Å². The summed E-state index contributed by atoms with van der Waals surface area (Å²) in [4.78, 5) is 0.419. The van der Waals surface area contributed by atoms with Crippen molar-refractivity contribution in [3.05, 3.63) is 18.0 Å². The monoisotopic (exact) mass is 299 g/mol. The van der Waals surface area contributed by atoms with Gasteiger partial charge in [0.15, 0.2) is 0 Å². The van der Waals surface area contributed by atoms with Crippen LogP contribution in [0.3, 0.4) is 0 Å². The van der Waals surface area contributed by atoms with Crippen LogP contribution in [0.5, 0.6) is 0 Å². The van der Waals surface area contributed by atoms with Crippen molar-refractivity contribution in [2.45, 2.75) is 37.6 Å². The molecule has 0 bridgehead atoms. The molecule has 0 aliphatic carbocycles. The molecule has 20 heavy (non-hydrogen) atoms. The summed E-state index contributed by atoms with van der Waals surface area (Å²) in [5.74, 6) is 0.523. The van der Waals surface area contributed by atoms with Gasteiger partial charge in [-0.05, 0) is 31.9 Å². The van der Waals surface area contributed by atoms with E-state index in [9.17, 15) is 8.42 Å². The molecule has 0 amide bonds. The van der Waals surface area contributed by atoms with Crippen molar-refractivity contribution in [3.8, 4) is 0 Å². The topological polar surface area (TPSA) is 54.3 Å². The van der Waals surface area contributed by atoms with Gasteiger partial charge in [0.1, 0.15) is 4.90 Å². The molecule has 5 nitrogen and oxygen atoms in total. The van der Waals surface area contributed by atoms with Crippen LogP contribution in [-0.2, 0) is 23.6 Å². The Morgan fingerprint density at radius 2 is 2.20 bits per heavy atom. The van der Waals surface area contributed by atoms with Gasteiger partial charge in [0, 0.05) is 38.6 Å². The molecular formula is C14H25N3O2S. The van der Waals surface area contributed by atoms with E-state index in [4.69, 9.17) is 0 Å².